The lowest BCUT2D eigenvalue weighted by Crippen LogP contribution is -2.28. The van der Waals surface area contributed by atoms with E-state index in [0.717, 1.165) is 29.9 Å². The van der Waals surface area contributed by atoms with Crippen molar-refractivity contribution in [3.63, 3.8) is 0 Å². The van der Waals surface area contributed by atoms with Crippen LogP contribution in [-0.2, 0) is 6.54 Å². The smallest absolute Gasteiger partial charge is 0.0917 e. The van der Waals surface area contributed by atoms with Gasteiger partial charge in [-0.25, -0.2) is 0 Å². The Bertz CT molecular complexity index is 569. The maximum Gasteiger partial charge on any atom is 0.0917 e. The number of aryl methyl sites for hydroxylation is 1. The molecule has 112 valence electrons. The van der Waals surface area contributed by atoms with Crippen LogP contribution < -0.4 is 5.73 Å². The van der Waals surface area contributed by atoms with Crippen molar-refractivity contribution in [1.82, 2.24) is 4.90 Å². The van der Waals surface area contributed by atoms with E-state index in [9.17, 15) is 5.11 Å². The quantitative estimate of drug-likeness (QED) is 0.801. The van der Waals surface area contributed by atoms with E-state index in [0.29, 0.717) is 6.54 Å². The van der Waals surface area contributed by atoms with Gasteiger partial charge in [-0.1, -0.05) is 49.4 Å². The average molecular weight is 284 g/mol. The average Bonchev–Trinajstić information content (AvgIpc) is 2.50. The first kappa shape index (κ1) is 15.5. The highest BCUT2D eigenvalue weighted by atomic mass is 16.3. The molecule has 0 fully saturated rings. The summed E-state index contributed by atoms with van der Waals surface area (Å²) in [5.41, 5.74) is 9.84. The van der Waals surface area contributed by atoms with E-state index >= 15 is 0 Å². The molecule has 3 heteroatoms. The number of nitrogen functional groups attached to an aromatic ring is 1. The summed E-state index contributed by atoms with van der Waals surface area (Å²) in [6.07, 6.45) is -0.517. The second kappa shape index (κ2) is 7.25. The number of hydrogen-bond acceptors (Lipinski definition) is 3. The molecule has 0 radical (unpaired) electrons. The summed E-state index contributed by atoms with van der Waals surface area (Å²) < 4.78 is 0. The minimum Gasteiger partial charge on any atom is -0.399 e. The zero-order chi connectivity index (χ0) is 15.2. The molecule has 0 aliphatic rings. The molecule has 0 amide bonds. The fraction of sp³-hybridized carbons (Fsp3) is 0.333. The Hall–Kier alpha value is -1.84. The first-order chi connectivity index (χ1) is 10.1. The molecule has 0 spiro atoms. The van der Waals surface area contributed by atoms with Crippen LogP contribution in [0.5, 0.6) is 0 Å². The molecule has 2 aromatic rings. The molecule has 3 N–H and O–H groups in total. The van der Waals surface area contributed by atoms with E-state index in [2.05, 4.69) is 24.0 Å². The van der Waals surface area contributed by atoms with Gasteiger partial charge < -0.3 is 10.8 Å². The SMILES string of the molecule is CCN(Cc1ccccc1)CC(O)c1ccc(C)c(N)c1. The van der Waals surface area contributed by atoms with E-state index in [1.807, 2.05) is 43.3 Å². The van der Waals surface area contributed by atoms with Crippen molar-refractivity contribution in [3.8, 4) is 0 Å². The van der Waals surface area contributed by atoms with Crippen LogP contribution in [0.2, 0.25) is 0 Å². The molecule has 0 bridgehead atoms. The Morgan fingerprint density at radius 3 is 2.48 bits per heavy atom. The van der Waals surface area contributed by atoms with E-state index < -0.39 is 6.10 Å². The van der Waals surface area contributed by atoms with Crippen LogP contribution in [0.25, 0.3) is 0 Å². The second-order valence-electron chi connectivity index (χ2n) is 5.45. The molecule has 2 rings (SSSR count). The van der Waals surface area contributed by atoms with Gasteiger partial charge in [0.2, 0.25) is 0 Å². The maximum absolute atomic E-state index is 10.4. The summed E-state index contributed by atoms with van der Waals surface area (Å²) in [7, 11) is 0. The highest BCUT2D eigenvalue weighted by Crippen LogP contribution is 2.20. The molecule has 0 saturated carbocycles. The van der Waals surface area contributed by atoms with Crippen molar-refractivity contribution in [3.05, 3.63) is 65.2 Å². The number of rotatable bonds is 6. The summed E-state index contributed by atoms with van der Waals surface area (Å²) in [6.45, 7) is 6.43. The van der Waals surface area contributed by atoms with E-state index in [-0.39, 0.29) is 0 Å². The first-order valence-electron chi connectivity index (χ1n) is 7.40. The van der Waals surface area contributed by atoms with Gasteiger partial charge in [0.1, 0.15) is 0 Å². The third kappa shape index (κ3) is 4.31. The standard InChI is InChI=1S/C18H24N2O/c1-3-20(12-15-7-5-4-6-8-15)13-18(21)16-10-9-14(2)17(19)11-16/h4-11,18,21H,3,12-13,19H2,1-2H3. The van der Waals surface area contributed by atoms with Crippen LogP contribution in [-0.4, -0.2) is 23.1 Å². The minimum absolute atomic E-state index is 0.517. The van der Waals surface area contributed by atoms with Gasteiger partial charge in [-0.3, -0.25) is 4.90 Å². The summed E-state index contributed by atoms with van der Waals surface area (Å²) in [5, 5.41) is 10.4. The zero-order valence-electron chi connectivity index (χ0n) is 12.8. The molecule has 3 nitrogen and oxygen atoms in total. The largest absolute Gasteiger partial charge is 0.399 e. The van der Waals surface area contributed by atoms with Crippen molar-refractivity contribution in [2.24, 2.45) is 0 Å². The number of nitrogens with two attached hydrogens (primary N) is 1. The zero-order valence-corrected chi connectivity index (χ0v) is 12.8. The van der Waals surface area contributed by atoms with E-state index in [4.69, 9.17) is 5.73 Å². The second-order valence-corrected chi connectivity index (χ2v) is 5.45. The lowest BCUT2D eigenvalue weighted by molar-refractivity contribution is 0.112. The number of anilines is 1. The van der Waals surface area contributed by atoms with Crippen LogP contribution in [0.4, 0.5) is 5.69 Å². The molecule has 21 heavy (non-hydrogen) atoms. The molecule has 0 aliphatic carbocycles. The van der Waals surface area contributed by atoms with Crippen molar-refractivity contribution < 1.29 is 5.11 Å². The topological polar surface area (TPSA) is 49.5 Å². The summed E-state index contributed by atoms with van der Waals surface area (Å²) in [4.78, 5) is 2.23. The van der Waals surface area contributed by atoms with Crippen molar-refractivity contribution in [2.45, 2.75) is 26.5 Å². The van der Waals surface area contributed by atoms with E-state index in [1.165, 1.54) is 5.56 Å². The Labute approximate surface area is 127 Å². The summed E-state index contributed by atoms with van der Waals surface area (Å²) >= 11 is 0. The van der Waals surface area contributed by atoms with Gasteiger partial charge in [-0.15, -0.1) is 0 Å². The number of nitrogens with zero attached hydrogens (tertiary/aromatic N) is 1. The highest BCUT2D eigenvalue weighted by Gasteiger charge is 2.13. The first-order valence-corrected chi connectivity index (χ1v) is 7.40. The van der Waals surface area contributed by atoms with Crippen LogP contribution in [0.3, 0.4) is 0 Å². The van der Waals surface area contributed by atoms with Crippen molar-refractivity contribution >= 4 is 5.69 Å². The molecular formula is C18H24N2O. The number of aliphatic hydroxyl groups is 1. The van der Waals surface area contributed by atoms with Gasteiger partial charge in [-0.05, 0) is 36.2 Å². The predicted octanol–water partition coefficient (Wildman–Crippen LogP) is 3.13. The van der Waals surface area contributed by atoms with Gasteiger partial charge in [0, 0.05) is 18.8 Å². The normalized spacial score (nSPS) is 12.6. The molecule has 0 heterocycles. The third-order valence-electron chi connectivity index (χ3n) is 3.82. The molecule has 0 saturated heterocycles. The number of benzene rings is 2. The number of aliphatic hydroxyl groups excluding tert-OH is 1. The van der Waals surface area contributed by atoms with Crippen LogP contribution >= 0.6 is 0 Å². The van der Waals surface area contributed by atoms with Crippen LogP contribution in [0.15, 0.2) is 48.5 Å². The summed E-state index contributed by atoms with van der Waals surface area (Å²) in [6, 6.07) is 16.1. The maximum atomic E-state index is 10.4. The molecule has 1 unspecified atom stereocenters. The minimum atomic E-state index is -0.517. The van der Waals surface area contributed by atoms with Crippen LogP contribution in [0, 0.1) is 6.92 Å². The third-order valence-corrected chi connectivity index (χ3v) is 3.82. The van der Waals surface area contributed by atoms with Gasteiger partial charge in [0.25, 0.3) is 0 Å². The van der Waals surface area contributed by atoms with Gasteiger partial charge in [-0.2, -0.15) is 0 Å². The Morgan fingerprint density at radius 2 is 1.86 bits per heavy atom. The Kier molecular flexibility index (Phi) is 5.37. The van der Waals surface area contributed by atoms with E-state index in [1.54, 1.807) is 0 Å². The fourth-order valence-electron chi connectivity index (χ4n) is 2.36. The fourth-order valence-corrected chi connectivity index (χ4v) is 2.36. The van der Waals surface area contributed by atoms with Crippen LogP contribution in [0.1, 0.15) is 29.7 Å². The van der Waals surface area contributed by atoms with Crippen molar-refractivity contribution in [1.29, 1.82) is 0 Å². The Morgan fingerprint density at radius 1 is 1.14 bits per heavy atom. The number of likely N-dealkylation sites (N-methyl/N-ethyl adjacent to an activating group) is 1. The molecular weight excluding hydrogens is 260 g/mol. The molecule has 2 aromatic carbocycles. The summed E-state index contributed by atoms with van der Waals surface area (Å²) in [5.74, 6) is 0. The Balaban J connectivity index is 2.02. The lowest BCUT2D eigenvalue weighted by atomic mass is 10.0. The molecule has 1 atom stereocenters. The van der Waals surface area contributed by atoms with Gasteiger partial charge in [0.05, 0.1) is 6.10 Å². The molecule has 0 aliphatic heterocycles. The monoisotopic (exact) mass is 284 g/mol. The van der Waals surface area contributed by atoms with Gasteiger partial charge in [0.15, 0.2) is 0 Å². The lowest BCUT2D eigenvalue weighted by Gasteiger charge is -2.24. The number of hydrogen-bond donors (Lipinski definition) is 2. The van der Waals surface area contributed by atoms with Crippen molar-refractivity contribution in [2.75, 3.05) is 18.8 Å². The molecule has 0 aromatic heterocycles. The highest BCUT2D eigenvalue weighted by molar-refractivity contribution is 5.48. The predicted molar refractivity (Wildman–Crippen MR) is 87.9 cm³/mol. The van der Waals surface area contributed by atoms with Gasteiger partial charge >= 0.3 is 0 Å².